The fourth-order valence-electron chi connectivity index (χ4n) is 2.39. The Labute approximate surface area is 114 Å². The minimum Gasteiger partial charge on any atom is -0.350 e. The zero-order valence-electron chi connectivity index (χ0n) is 9.50. The van der Waals surface area contributed by atoms with Crippen LogP contribution < -0.4 is 4.90 Å². The second kappa shape index (κ2) is 6.01. The average molecular weight is 322 g/mol. The maximum absolute atomic E-state index is 13.9. The summed E-state index contributed by atoms with van der Waals surface area (Å²) in [5.74, 6) is 0.644. The molecule has 1 aromatic rings. The lowest BCUT2D eigenvalue weighted by Crippen LogP contribution is -2.36. The van der Waals surface area contributed by atoms with Crippen LogP contribution in [0.1, 0.15) is 25.7 Å². The molecular formula is C12H15BrClFN2. The van der Waals surface area contributed by atoms with Crippen molar-refractivity contribution in [1.82, 2.24) is 4.98 Å². The normalized spacial score (nSPS) is 16.4. The number of pyridine rings is 1. The molecule has 1 fully saturated rings. The van der Waals surface area contributed by atoms with Gasteiger partial charge in [-0.2, -0.15) is 0 Å². The molecule has 0 spiro atoms. The van der Waals surface area contributed by atoms with Gasteiger partial charge in [0.05, 0.1) is 0 Å². The third-order valence-electron chi connectivity index (χ3n) is 3.15. The van der Waals surface area contributed by atoms with Crippen molar-refractivity contribution in [3.05, 3.63) is 22.6 Å². The maximum atomic E-state index is 13.9. The van der Waals surface area contributed by atoms with Gasteiger partial charge in [0.25, 0.3) is 0 Å². The van der Waals surface area contributed by atoms with E-state index in [1.165, 1.54) is 18.9 Å². The van der Waals surface area contributed by atoms with Crippen LogP contribution in [0, 0.1) is 5.82 Å². The number of nitrogens with zero attached hydrogens (tertiary/aromatic N) is 2. The van der Waals surface area contributed by atoms with E-state index in [0.29, 0.717) is 28.8 Å². The van der Waals surface area contributed by atoms with E-state index in [9.17, 15) is 4.39 Å². The molecule has 0 atom stereocenters. The number of rotatable bonds is 4. The van der Waals surface area contributed by atoms with E-state index < -0.39 is 0 Å². The monoisotopic (exact) mass is 320 g/mol. The lowest BCUT2D eigenvalue weighted by Gasteiger charge is -2.29. The van der Waals surface area contributed by atoms with E-state index in [0.717, 1.165) is 12.8 Å². The molecule has 1 aliphatic carbocycles. The summed E-state index contributed by atoms with van der Waals surface area (Å²) >= 11 is 9.03. The van der Waals surface area contributed by atoms with Crippen LogP contribution in [0.25, 0.3) is 0 Å². The molecule has 0 amide bonds. The molecule has 0 aromatic carbocycles. The standard InChI is InChI=1S/C12H15BrClFN2/c13-9-7-11(15)12(16-8-9)17(6-5-14)10-3-1-2-4-10/h7-8,10H,1-6H2. The molecular weight excluding hydrogens is 307 g/mol. The molecule has 17 heavy (non-hydrogen) atoms. The van der Waals surface area contributed by atoms with Crippen LogP contribution in [0.5, 0.6) is 0 Å². The summed E-state index contributed by atoms with van der Waals surface area (Å²) in [7, 11) is 0. The van der Waals surface area contributed by atoms with Crippen LogP contribution in [0.4, 0.5) is 10.2 Å². The first kappa shape index (κ1) is 13.1. The van der Waals surface area contributed by atoms with Crippen molar-refractivity contribution in [2.45, 2.75) is 31.7 Å². The maximum Gasteiger partial charge on any atom is 0.166 e. The number of alkyl halides is 1. The van der Waals surface area contributed by atoms with Crippen LogP contribution in [-0.2, 0) is 0 Å². The SMILES string of the molecule is Fc1cc(Br)cnc1N(CCCl)C1CCCC1. The fraction of sp³-hybridized carbons (Fsp3) is 0.583. The first-order chi connectivity index (χ1) is 8.22. The third-order valence-corrected chi connectivity index (χ3v) is 3.75. The van der Waals surface area contributed by atoms with Gasteiger partial charge < -0.3 is 4.90 Å². The molecule has 2 rings (SSSR count). The molecule has 1 heterocycles. The first-order valence-electron chi connectivity index (χ1n) is 5.86. The van der Waals surface area contributed by atoms with E-state index in [4.69, 9.17) is 11.6 Å². The van der Waals surface area contributed by atoms with Crippen molar-refractivity contribution in [2.24, 2.45) is 0 Å². The van der Waals surface area contributed by atoms with E-state index in [-0.39, 0.29) is 5.82 Å². The van der Waals surface area contributed by atoms with Crippen LogP contribution >= 0.6 is 27.5 Å². The van der Waals surface area contributed by atoms with Crippen molar-refractivity contribution >= 4 is 33.3 Å². The van der Waals surface area contributed by atoms with Gasteiger partial charge in [0.2, 0.25) is 0 Å². The van der Waals surface area contributed by atoms with Crippen LogP contribution in [0.15, 0.2) is 16.7 Å². The number of hydrogen-bond acceptors (Lipinski definition) is 2. The summed E-state index contributed by atoms with van der Waals surface area (Å²) in [5, 5.41) is 0. The Morgan fingerprint density at radius 3 is 2.76 bits per heavy atom. The summed E-state index contributed by atoms with van der Waals surface area (Å²) < 4.78 is 14.6. The van der Waals surface area contributed by atoms with Crippen LogP contribution in [0.3, 0.4) is 0 Å². The summed E-state index contributed by atoms with van der Waals surface area (Å²) in [6.45, 7) is 0.651. The van der Waals surface area contributed by atoms with Gasteiger partial charge >= 0.3 is 0 Å². The minimum atomic E-state index is -0.281. The molecule has 2 nitrogen and oxygen atoms in total. The molecule has 94 valence electrons. The summed E-state index contributed by atoms with van der Waals surface area (Å²) in [6.07, 6.45) is 6.26. The number of hydrogen-bond donors (Lipinski definition) is 0. The summed E-state index contributed by atoms with van der Waals surface area (Å²) in [4.78, 5) is 6.20. The molecule has 0 radical (unpaired) electrons. The summed E-state index contributed by atoms with van der Waals surface area (Å²) in [6, 6.07) is 1.84. The van der Waals surface area contributed by atoms with Gasteiger partial charge in [-0.15, -0.1) is 11.6 Å². The van der Waals surface area contributed by atoms with Crippen molar-refractivity contribution < 1.29 is 4.39 Å². The smallest absolute Gasteiger partial charge is 0.166 e. The third kappa shape index (κ3) is 3.10. The van der Waals surface area contributed by atoms with Crippen molar-refractivity contribution in [1.29, 1.82) is 0 Å². The predicted molar refractivity (Wildman–Crippen MR) is 72.2 cm³/mol. The molecule has 0 N–H and O–H groups in total. The molecule has 1 aliphatic rings. The fourth-order valence-corrected chi connectivity index (χ4v) is 2.87. The van der Waals surface area contributed by atoms with Crippen LogP contribution in [0.2, 0.25) is 0 Å². The quantitative estimate of drug-likeness (QED) is 0.780. The molecule has 1 aromatic heterocycles. The van der Waals surface area contributed by atoms with Gasteiger partial charge in [-0.25, -0.2) is 9.37 Å². The second-order valence-corrected chi connectivity index (χ2v) is 5.57. The predicted octanol–water partition coefficient (Wildman–Crippen LogP) is 3.97. The largest absolute Gasteiger partial charge is 0.350 e. The topological polar surface area (TPSA) is 16.1 Å². The van der Waals surface area contributed by atoms with Gasteiger partial charge in [0.1, 0.15) is 0 Å². The lowest BCUT2D eigenvalue weighted by atomic mass is 10.2. The van der Waals surface area contributed by atoms with Gasteiger partial charge in [0.15, 0.2) is 11.6 Å². The number of halogens is 3. The Hall–Kier alpha value is -0.350. The number of aromatic nitrogens is 1. The minimum absolute atomic E-state index is 0.281. The Kier molecular flexibility index (Phi) is 4.62. The highest BCUT2D eigenvalue weighted by molar-refractivity contribution is 9.10. The molecule has 0 unspecified atom stereocenters. The van der Waals surface area contributed by atoms with Gasteiger partial charge in [-0.05, 0) is 34.8 Å². The number of anilines is 1. The lowest BCUT2D eigenvalue weighted by molar-refractivity contribution is 0.568. The molecule has 5 heteroatoms. The Morgan fingerprint density at radius 1 is 1.47 bits per heavy atom. The second-order valence-electron chi connectivity index (χ2n) is 4.28. The van der Waals surface area contributed by atoms with Crippen molar-refractivity contribution in [3.63, 3.8) is 0 Å². The Bertz CT molecular complexity index is 383. The highest BCUT2D eigenvalue weighted by Gasteiger charge is 2.25. The van der Waals surface area contributed by atoms with Gasteiger partial charge in [0, 0.05) is 29.1 Å². The zero-order valence-corrected chi connectivity index (χ0v) is 11.8. The van der Waals surface area contributed by atoms with E-state index in [1.54, 1.807) is 6.20 Å². The Balaban J connectivity index is 2.24. The highest BCUT2D eigenvalue weighted by Crippen LogP contribution is 2.29. The molecule has 1 saturated carbocycles. The van der Waals surface area contributed by atoms with E-state index in [1.807, 2.05) is 4.90 Å². The highest BCUT2D eigenvalue weighted by atomic mass is 79.9. The molecule has 0 saturated heterocycles. The summed E-state index contributed by atoms with van der Waals surface area (Å²) in [5.41, 5.74) is 0. The van der Waals surface area contributed by atoms with Crippen molar-refractivity contribution in [2.75, 3.05) is 17.3 Å². The van der Waals surface area contributed by atoms with E-state index in [2.05, 4.69) is 20.9 Å². The van der Waals surface area contributed by atoms with Crippen molar-refractivity contribution in [3.8, 4) is 0 Å². The van der Waals surface area contributed by atoms with Crippen LogP contribution in [-0.4, -0.2) is 23.5 Å². The van der Waals surface area contributed by atoms with E-state index >= 15 is 0 Å². The molecule has 0 aliphatic heterocycles. The first-order valence-corrected chi connectivity index (χ1v) is 7.19. The average Bonchev–Trinajstić information content (AvgIpc) is 2.80. The van der Waals surface area contributed by atoms with Gasteiger partial charge in [-0.1, -0.05) is 12.8 Å². The van der Waals surface area contributed by atoms with Gasteiger partial charge in [-0.3, -0.25) is 0 Å². The Morgan fingerprint density at radius 2 is 2.18 bits per heavy atom. The zero-order chi connectivity index (χ0) is 12.3. The molecule has 0 bridgehead atoms.